The van der Waals surface area contributed by atoms with E-state index in [9.17, 15) is 18.5 Å². The molecule has 8 nitrogen and oxygen atoms in total. The first kappa shape index (κ1) is 16.1. The fourth-order valence-electron chi connectivity index (χ4n) is 2.28. The molecular weight excluding hydrogens is 336 g/mol. The second kappa shape index (κ2) is 6.00. The van der Waals surface area contributed by atoms with Crippen LogP contribution in [0.2, 0.25) is 0 Å². The summed E-state index contributed by atoms with van der Waals surface area (Å²) in [4.78, 5) is 10.5. The summed E-state index contributed by atoms with van der Waals surface area (Å²) in [5, 5.41) is 14.2. The molecule has 0 radical (unpaired) electrons. The van der Waals surface area contributed by atoms with Gasteiger partial charge in [-0.2, -0.15) is 0 Å². The summed E-state index contributed by atoms with van der Waals surface area (Å²) in [6.45, 7) is 0.901. The third-order valence-corrected chi connectivity index (χ3v) is 4.53. The number of nitrogens with zero attached hydrogens (tertiary/aromatic N) is 1. The minimum Gasteiger partial charge on any atom is -0.486 e. The lowest BCUT2D eigenvalue weighted by Gasteiger charge is -2.19. The van der Waals surface area contributed by atoms with E-state index < -0.39 is 14.8 Å². The predicted molar refractivity (Wildman–Crippen MR) is 86.9 cm³/mol. The summed E-state index contributed by atoms with van der Waals surface area (Å²) < 4.78 is 34.0. The number of hydrogen-bond donors (Lipinski definition) is 1. The number of anilines is 2. The highest BCUT2D eigenvalue weighted by Gasteiger charge is 2.19. The van der Waals surface area contributed by atoms with Gasteiger partial charge in [-0.05, 0) is 24.3 Å². The molecule has 0 spiro atoms. The number of fused-ring (bicyclic) bond motifs is 1. The van der Waals surface area contributed by atoms with Crippen LogP contribution in [0.4, 0.5) is 17.1 Å². The number of nitrogens with one attached hydrogen (secondary N) is 1. The number of benzene rings is 2. The first-order valence-corrected chi connectivity index (χ1v) is 8.89. The lowest BCUT2D eigenvalue weighted by atomic mass is 10.2. The fourth-order valence-corrected chi connectivity index (χ4v) is 2.92. The zero-order valence-corrected chi connectivity index (χ0v) is 13.5. The lowest BCUT2D eigenvalue weighted by molar-refractivity contribution is -0.384. The number of nitro groups is 1. The first-order valence-electron chi connectivity index (χ1n) is 7.00. The van der Waals surface area contributed by atoms with E-state index in [1.165, 1.54) is 12.1 Å². The van der Waals surface area contributed by atoms with E-state index in [2.05, 4.69) is 5.32 Å². The van der Waals surface area contributed by atoms with E-state index in [0.717, 1.165) is 12.3 Å². The van der Waals surface area contributed by atoms with Crippen LogP contribution in [0.15, 0.2) is 41.3 Å². The van der Waals surface area contributed by atoms with Crippen LogP contribution in [0.5, 0.6) is 11.5 Å². The van der Waals surface area contributed by atoms with Gasteiger partial charge in [0.15, 0.2) is 21.3 Å². The van der Waals surface area contributed by atoms with Crippen LogP contribution in [0, 0.1) is 10.1 Å². The van der Waals surface area contributed by atoms with Crippen LogP contribution in [0.3, 0.4) is 0 Å². The molecule has 24 heavy (non-hydrogen) atoms. The maximum Gasteiger partial charge on any atom is 0.293 e. The molecule has 0 amide bonds. The zero-order valence-electron chi connectivity index (χ0n) is 12.7. The van der Waals surface area contributed by atoms with Crippen molar-refractivity contribution in [3.05, 3.63) is 46.5 Å². The maximum absolute atomic E-state index is 11.6. The second-order valence-electron chi connectivity index (χ2n) is 5.19. The molecule has 1 heterocycles. The Labute approximate surface area is 138 Å². The Morgan fingerprint density at radius 3 is 2.46 bits per heavy atom. The van der Waals surface area contributed by atoms with Crippen molar-refractivity contribution in [2.75, 3.05) is 24.8 Å². The Balaban J connectivity index is 1.96. The normalized spacial score (nSPS) is 13.4. The van der Waals surface area contributed by atoms with E-state index >= 15 is 0 Å². The van der Waals surface area contributed by atoms with Gasteiger partial charge in [-0.25, -0.2) is 8.42 Å². The van der Waals surface area contributed by atoms with Gasteiger partial charge in [-0.15, -0.1) is 0 Å². The van der Waals surface area contributed by atoms with Crippen LogP contribution >= 0.6 is 0 Å². The summed E-state index contributed by atoms with van der Waals surface area (Å²) in [7, 11) is -3.53. The molecule has 2 aromatic carbocycles. The quantitative estimate of drug-likeness (QED) is 0.666. The molecule has 0 fully saturated rings. The minimum atomic E-state index is -3.53. The molecule has 0 saturated heterocycles. The summed E-state index contributed by atoms with van der Waals surface area (Å²) in [5.41, 5.74) is 0.423. The Bertz CT molecular complexity index is 910. The molecule has 0 aromatic heterocycles. The Morgan fingerprint density at radius 1 is 1.08 bits per heavy atom. The Kier molecular flexibility index (Phi) is 4.02. The molecule has 1 aliphatic rings. The van der Waals surface area contributed by atoms with Gasteiger partial charge in [0.1, 0.15) is 18.9 Å². The highest BCUT2D eigenvalue weighted by atomic mass is 32.2. The van der Waals surface area contributed by atoms with Crippen molar-refractivity contribution in [3.63, 3.8) is 0 Å². The smallest absolute Gasteiger partial charge is 0.293 e. The number of rotatable bonds is 4. The van der Waals surface area contributed by atoms with E-state index in [-0.39, 0.29) is 16.3 Å². The number of hydrogen-bond acceptors (Lipinski definition) is 7. The third-order valence-electron chi connectivity index (χ3n) is 3.42. The van der Waals surface area contributed by atoms with Crippen molar-refractivity contribution in [1.82, 2.24) is 0 Å². The molecule has 1 aliphatic heterocycles. The summed E-state index contributed by atoms with van der Waals surface area (Å²) in [6.07, 6.45) is 1.000. The molecule has 0 aliphatic carbocycles. The van der Waals surface area contributed by atoms with Crippen molar-refractivity contribution in [1.29, 1.82) is 0 Å². The van der Waals surface area contributed by atoms with Crippen molar-refractivity contribution in [2.24, 2.45) is 0 Å². The van der Waals surface area contributed by atoms with Gasteiger partial charge in [-0.1, -0.05) is 0 Å². The minimum absolute atomic E-state index is 0.109. The number of ether oxygens (including phenoxy) is 2. The molecule has 3 rings (SSSR count). The monoisotopic (exact) mass is 350 g/mol. The summed E-state index contributed by atoms with van der Waals surface area (Å²) in [6, 6.07) is 8.79. The molecule has 0 bridgehead atoms. The summed E-state index contributed by atoms with van der Waals surface area (Å²) >= 11 is 0. The highest BCUT2D eigenvalue weighted by molar-refractivity contribution is 7.90. The van der Waals surface area contributed by atoms with Gasteiger partial charge >= 0.3 is 0 Å². The molecule has 2 aromatic rings. The van der Waals surface area contributed by atoms with Crippen LogP contribution < -0.4 is 14.8 Å². The number of nitro benzene ring substituents is 1. The topological polar surface area (TPSA) is 108 Å². The van der Waals surface area contributed by atoms with Crippen molar-refractivity contribution < 1.29 is 22.8 Å². The van der Waals surface area contributed by atoms with Crippen LogP contribution in [0.25, 0.3) is 0 Å². The summed E-state index contributed by atoms with van der Waals surface area (Å²) in [5.74, 6) is 1.15. The zero-order chi connectivity index (χ0) is 17.3. The average Bonchev–Trinajstić information content (AvgIpc) is 2.54. The van der Waals surface area contributed by atoms with Crippen LogP contribution in [0.1, 0.15) is 0 Å². The largest absolute Gasteiger partial charge is 0.486 e. The Morgan fingerprint density at radius 2 is 1.79 bits per heavy atom. The second-order valence-corrected chi connectivity index (χ2v) is 7.21. The van der Waals surface area contributed by atoms with Gasteiger partial charge in [0, 0.05) is 24.1 Å². The average molecular weight is 350 g/mol. The van der Waals surface area contributed by atoms with Crippen molar-refractivity contribution in [2.45, 2.75) is 4.90 Å². The molecule has 126 valence electrons. The molecule has 0 saturated carbocycles. The predicted octanol–water partition coefficient (Wildman–Crippen LogP) is 2.51. The van der Waals surface area contributed by atoms with Crippen LogP contribution in [-0.4, -0.2) is 32.8 Å². The van der Waals surface area contributed by atoms with Gasteiger partial charge < -0.3 is 14.8 Å². The molecule has 9 heteroatoms. The molecule has 0 atom stereocenters. The van der Waals surface area contributed by atoms with Gasteiger partial charge in [0.2, 0.25) is 0 Å². The van der Waals surface area contributed by atoms with E-state index in [4.69, 9.17) is 9.47 Å². The first-order chi connectivity index (χ1) is 11.3. The maximum atomic E-state index is 11.6. The molecule has 0 unspecified atom stereocenters. The van der Waals surface area contributed by atoms with Crippen molar-refractivity contribution >= 4 is 26.9 Å². The van der Waals surface area contributed by atoms with E-state index in [1.807, 2.05) is 0 Å². The lowest BCUT2D eigenvalue weighted by Crippen LogP contribution is -2.15. The van der Waals surface area contributed by atoms with Gasteiger partial charge in [0.25, 0.3) is 5.69 Å². The third kappa shape index (κ3) is 3.25. The van der Waals surface area contributed by atoms with E-state index in [1.54, 1.807) is 18.2 Å². The highest BCUT2D eigenvalue weighted by Crippen LogP contribution is 2.35. The number of sulfone groups is 1. The SMILES string of the molecule is CS(=O)(=O)c1ccc(Nc2ccc3c(c2)OCCO3)c([N+](=O)[O-])c1. The standard InChI is InChI=1S/C15H14N2O6S/c1-24(20,21)11-3-4-12(13(9-11)17(18)19)16-10-2-5-14-15(8-10)23-7-6-22-14/h2-5,8-9,16H,6-7H2,1H3. The van der Waals surface area contributed by atoms with Gasteiger partial charge in [-0.3, -0.25) is 10.1 Å². The molecular formula is C15H14N2O6S. The van der Waals surface area contributed by atoms with E-state index in [0.29, 0.717) is 30.4 Å². The van der Waals surface area contributed by atoms with Gasteiger partial charge in [0.05, 0.1) is 9.82 Å². The van der Waals surface area contributed by atoms with Crippen LogP contribution in [-0.2, 0) is 9.84 Å². The fraction of sp³-hybridized carbons (Fsp3) is 0.200. The van der Waals surface area contributed by atoms with Crippen molar-refractivity contribution in [3.8, 4) is 11.5 Å². The molecule has 1 N–H and O–H groups in total. The Hall–Kier alpha value is -2.81.